The van der Waals surface area contributed by atoms with Gasteiger partial charge >= 0.3 is 5.97 Å². The number of amides is 2. The number of unbranched alkanes of at least 4 members (excludes halogenated alkanes) is 12. The van der Waals surface area contributed by atoms with Crippen LogP contribution in [0.4, 0.5) is 0 Å². The van der Waals surface area contributed by atoms with Crippen LogP contribution in [0.5, 0.6) is 0 Å². The van der Waals surface area contributed by atoms with E-state index >= 15 is 0 Å². The molecule has 192 valence electrons. The normalized spacial score (nSPS) is 12.6. The summed E-state index contributed by atoms with van der Waals surface area (Å²) >= 11 is 0. The molecule has 0 fully saturated rings. The lowest BCUT2D eigenvalue weighted by atomic mass is 10.0. The molecule has 2 amide bonds. The molecule has 2 unspecified atom stereocenters. The smallest absolute Gasteiger partial charge is 0.326 e. The Balaban J connectivity index is 2.11. The number of carbonyl (C=O) groups is 3. The Morgan fingerprint density at radius 3 is 1.76 bits per heavy atom. The van der Waals surface area contributed by atoms with Crippen molar-refractivity contribution in [3.63, 3.8) is 0 Å². The van der Waals surface area contributed by atoms with Gasteiger partial charge in [0.25, 0.3) is 0 Å². The highest BCUT2D eigenvalue weighted by Gasteiger charge is 2.24. The molecule has 1 aromatic carbocycles. The van der Waals surface area contributed by atoms with Crippen molar-refractivity contribution >= 4 is 17.8 Å². The van der Waals surface area contributed by atoms with Crippen molar-refractivity contribution < 1.29 is 19.5 Å². The van der Waals surface area contributed by atoms with E-state index in [4.69, 9.17) is 0 Å². The van der Waals surface area contributed by atoms with E-state index in [1.807, 2.05) is 30.3 Å². The van der Waals surface area contributed by atoms with Crippen LogP contribution in [0.1, 0.15) is 109 Å². The van der Waals surface area contributed by atoms with Crippen LogP contribution in [0, 0.1) is 0 Å². The molecule has 0 aliphatic heterocycles. The van der Waals surface area contributed by atoms with Crippen LogP contribution >= 0.6 is 0 Å². The van der Waals surface area contributed by atoms with Crippen LogP contribution in [0.2, 0.25) is 0 Å². The molecule has 0 saturated heterocycles. The van der Waals surface area contributed by atoms with E-state index in [9.17, 15) is 19.5 Å². The SMILES string of the molecule is CCCCCCCCCCCCCCCC(=O)NC(C)C(=O)NC(Cc1ccccc1)C(=O)O. The number of carboxylic acid groups (broad SMARTS) is 1. The number of nitrogens with one attached hydrogen (secondary N) is 2. The van der Waals surface area contributed by atoms with Gasteiger partial charge in [0.2, 0.25) is 11.8 Å². The summed E-state index contributed by atoms with van der Waals surface area (Å²) in [5.41, 5.74) is 0.828. The fourth-order valence-electron chi connectivity index (χ4n) is 4.03. The fourth-order valence-corrected chi connectivity index (χ4v) is 4.03. The Morgan fingerprint density at radius 1 is 0.765 bits per heavy atom. The lowest BCUT2D eigenvalue weighted by Gasteiger charge is -2.19. The second-order valence-corrected chi connectivity index (χ2v) is 9.37. The van der Waals surface area contributed by atoms with E-state index in [1.54, 1.807) is 6.92 Å². The highest BCUT2D eigenvalue weighted by molar-refractivity contribution is 5.90. The van der Waals surface area contributed by atoms with Crippen molar-refractivity contribution in [2.75, 3.05) is 0 Å². The fraction of sp³-hybridized carbons (Fsp3) is 0.679. The quantitative estimate of drug-likeness (QED) is 0.209. The molecule has 0 radical (unpaired) electrons. The molecule has 0 bridgehead atoms. The molecule has 34 heavy (non-hydrogen) atoms. The maximum atomic E-state index is 12.4. The van der Waals surface area contributed by atoms with Crippen molar-refractivity contribution in [1.82, 2.24) is 10.6 Å². The summed E-state index contributed by atoms with van der Waals surface area (Å²) in [5, 5.41) is 14.7. The Hall–Kier alpha value is -2.37. The summed E-state index contributed by atoms with van der Waals surface area (Å²) in [6.07, 6.45) is 16.8. The summed E-state index contributed by atoms with van der Waals surface area (Å²) in [6, 6.07) is 7.35. The van der Waals surface area contributed by atoms with Gasteiger partial charge in [-0.25, -0.2) is 4.79 Å². The lowest BCUT2D eigenvalue weighted by Crippen LogP contribution is -2.51. The van der Waals surface area contributed by atoms with E-state index in [1.165, 1.54) is 64.2 Å². The average molecular weight is 475 g/mol. The minimum Gasteiger partial charge on any atom is -0.480 e. The van der Waals surface area contributed by atoms with Crippen LogP contribution in [-0.4, -0.2) is 35.0 Å². The molecule has 6 heteroatoms. The Labute approximate surface area is 206 Å². The zero-order chi connectivity index (χ0) is 25.0. The van der Waals surface area contributed by atoms with Crippen LogP contribution in [0.25, 0.3) is 0 Å². The third-order valence-corrected chi connectivity index (χ3v) is 6.18. The maximum absolute atomic E-state index is 12.4. The van der Waals surface area contributed by atoms with Crippen molar-refractivity contribution in [1.29, 1.82) is 0 Å². The van der Waals surface area contributed by atoms with Crippen molar-refractivity contribution in [3.05, 3.63) is 35.9 Å². The maximum Gasteiger partial charge on any atom is 0.326 e. The van der Waals surface area contributed by atoms with Crippen molar-refractivity contribution in [3.8, 4) is 0 Å². The van der Waals surface area contributed by atoms with E-state index in [-0.39, 0.29) is 12.3 Å². The average Bonchev–Trinajstić information content (AvgIpc) is 2.82. The molecular formula is C28H46N2O4. The zero-order valence-electron chi connectivity index (χ0n) is 21.3. The standard InChI is InChI=1S/C28H46N2O4/c1-3-4-5-6-7-8-9-10-11-12-13-14-18-21-26(31)29-23(2)27(32)30-25(28(33)34)22-24-19-16-15-17-20-24/h15-17,19-20,23,25H,3-14,18,21-22H2,1-2H3,(H,29,31)(H,30,32)(H,33,34). The second-order valence-electron chi connectivity index (χ2n) is 9.37. The predicted octanol–water partition coefficient (Wildman–Crippen LogP) is 5.78. The van der Waals surface area contributed by atoms with E-state index in [2.05, 4.69) is 17.6 Å². The topological polar surface area (TPSA) is 95.5 Å². The number of hydrogen-bond donors (Lipinski definition) is 3. The molecule has 1 rings (SSSR count). The van der Waals surface area contributed by atoms with Crippen LogP contribution in [0.15, 0.2) is 30.3 Å². The molecule has 0 spiro atoms. The minimum absolute atomic E-state index is 0.166. The summed E-state index contributed by atoms with van der Waals surface area (Å²) < 4.78 is 0. The summed E-state index contributed by atoms with van der Waals surface area (Å²) in [4.78, 5) is 36.1. The first-order valence-corrected chi connectivity index (χ1v) is 13.3. The van der Waals surface area contributed by atoms with Gasteiger partial charge in [-0.2, -0.15) is 0 Å². The van der Waals surface area contributed by atoms with Gasteiger partial charge in [-0.05, 0) is 18.9 Å². The Kier molecular flexibility index (Phi) is 16.6. The second kappa shape index (κ2) is 19.0. The van der Waals surface area contributed by atoms with Gasteiger partial charge in [-0.15, -0.1) is 0 Å². The van der Waals surface area contributed by atoms with Crippen molar-refractivity contribution in [2.24, 2.45) is 0 Å². The van der Waals surface area contributed by atoms with Gasteiger partial charge in [0.15, 0.2) is 0 Å². The van der Waals surface area contributed by atoms with E-state index in [0.29, 0.717) is 6.42 Å². The first-order valence-electron chi connectivity index (χ1n) is 13.3. The van der Waals surface area contributed by atoms with Gasteiger partial charge in [0.1, 0.15) is 12.1 Å². The van der Waals surface area contributed by atoms with Gasteiger partial charge in [-0.3, -0.25) is 9.59 Å². The Morgan fingerprint density at radius 2 is 1.26 bits per heavy atom. The predicted molar refractivity (Wildman–Crippen MR) is 138 cm³/mol. The number of carboxylic acids is 1. The first kappa shape index (κ1) is 29.7. The lowest BCUT2D eigenvalue weighted by molar-refractivity contribution is -0.142. The van der Waals surface area contributed by atoms with Crippen molar-refractivity contribution in [2.45, 2.75) is 122 Å². The molecule has 0 saturated carbocycles. The van der Waals surface area contributed by atoms with Gasteiger partial charge in [0.05, 0.1) is 0 Å². The van der Waals surface area contributed by atoms with Crippen LogP contribution < -0.4 is 10.6 Å². The molecule has 0 heterocycles. The van der Waals surface area contributed by atoms with Gasteiger partial charge in [-0.1, -0.05) is 114 Å². The molecule has 0 aliphatic carbocycles. The highest BCUT2D eigenvalue weighted by atomic mass is 16.4. The first-order chi connectivity index (χ1) is 16.4. The van der Waals surface area contributed by atoms with E-state index < -0.39 is 24.0 Å². The zero-order valence-corrected chi connectivity index (χ0v) is 21.3. The van der Waals surface area contributed by atoms with Gasteiger partial charge in [0, 0.05) is 12.8 Å². The largest absolute Gasteiger partial charge is 0.480 e. The number of hydrogen-bond acceptors (Lipinski definition) is 3. The molecule has 3 N–H and O–H groups in total. The summed E-state index contributed by atoms with van der Waals surface area (Å²) in [5.74, 6) is -1.74. The minimum atomic E-state index is -1.09. The monoisotopic (exact) mass is 474 g/mol. The third-order valence-electron chi connectivity index (χ3n) is 6.18. The number of benzene rings is 1. The molecule has 1 aromatic rings. The molecule has 0 aromatic heterocycles. The number of rotatable bonds is 20. The Bertz CT molecular complexity index is 693. The molecule has 0 aliphatic rings. The van der Waals surface area contributed by atoms with E-state index in [0.717, 1.165) is 24.8 Å². The molecule has 6 nitrogen and oxygen atoms in total. The highest BCUT2D eigenvalue weighted by Crippen LogP contribution is 2.13. The van der Waals surface area contributed by atoms with Gasteiger partial charge < -0.3 is 15.7 Å². The molecular weight excluding hydrogens is 428 g/mol. The van der Waals surface area contributed by atoms with Crippen LogP contribution in [-0.2, 0) is 20.8 Å². The summed E-state index contributed by atoms with van der Waals surface area (Å²) in [6.45, 7) is 3.83. The third kappa shape index (κ3) is 14.7. The number of carbonyl (C=O) groups excluding carboxylic acids is 2. The van der Waals surface area contributed by atoms with Crippen LogP contribution in [0.3, 0.4) is 0 Å². The molecule has 2 atom stereocenters. The summed E-state index contributed by atoms with van der Waals surface area (Å²) in [7, 11) is 0. The number of aliphatic carboxylic acids is 1.